The normalized spacial score (nSPS) is 10.6. The summed E-state index contributed by atoms with van der Waals surface area (Å²) in [5.41, 5.74) is 0.0647. The zero-order valence-corrected chi connectivity index (χ0v) is 58.1. The number of aliphatic hydroxyl groups excluding tert-OH is 1. The molecule has 27 nitrogen and oxygen atoms in total. The molecule has 0 saturated carbocycles. The van der Waals surface area contributed by atoms with Gasteiger partial charge in [0.25, 0.3) is 0 Å². The molecule has 0 saturated heterocycles. The van der Waals surface area contributed by atoms with E-state index in [9.17, 15) is 70.7 Å². The summed E-state index contributed by atoms with van der Waals surface area (Å²) in [6.07, 6.45) is 2.59. The number of carbonyl (C=O) groups is 4. The number of nitrogens with zero attached hydrogens (tertiary/aromatic N) is 10. The quantitative estimate of drug-likeness (QED) is 0.0258. The van der Waals surface area contributed by atoms with Gasteiger partial charge in [-0.1, -0.05) is 67.6 Å². The fourth-order valence-electron chi connectivity index (χ4n) is 6.96. The Labute approximate surface area is 591 Å². The summed E-state index contributed by atoms with van der Waals surface area (Å²) < 4.78 is 76.4. The number of aromatic nitrogens is 6. The number of hydrogen-bond acceptors (Lipinski definition) is 27. The molecule has 388 valence electrons. The van der Waals surface area contributed by atoms with E-state index in [1.165, 1.54) is 17.0 Å². The fraction of sp³-hybridized carbons (Fsp3) is 0.200. The van der Waals surface area contributed by atoms with Gasteiger partial charge < -0.3 is 84.0 Å². The molecule has 0 aliphatic heterocycles. The zero-order valence-electron chi connectivity index (χ0n) is 44.5. The van der Waals surface area contributed by atoms with E-state index < -0.39 is 105 Å². The first-order valence-corrected chi connectivity index (χ1v) is 24.4. The molecule has 6 rings (SSSR count). The van der Waals surface area contributed by atoms with Crippen LogP contribution in [0, 0.1) is 0 Å². The first kappa shape index (κ1) is 77.1. The van der Waals surface area contributed by atoms with E-state index in [0.717, 1.165) is 41.3 Å². The molecule has 0 fully saturated rings. The minimum absolute atomic E-state index is 0. The number of carboxylic acid groups (broad SMARTS) is 4. The smallest absolute Gasteiger partial charge is 0.744 e. The second kappa shape index (κ2) is 36.1. The van der Waals surface area contributed by atoms with Gasteiger partial charge in [0.1, 0.15) is 20.2 Å². The first-order chi connectivity index (χ1) is 35.1. The number of rotatable bonds is 26. The largest absolute Gasteiger partial charge is 1.00 e. The van der Waals surface area contributed by atoms with E-state index in [-0.39, 0.29) is 224 Å². The summed E-state index contributed by atoms with van der Waals surface area (Å²) in [6.45, 7) is -2.51. The summed E-state index contributed by atoms with van der Waals surface area (Å²) in [6, 6.07) is 23.3. The van der Waals surface area contributed by atoms with Crippen LogP contribution in [-0.2, 0) is 39.4 Å². The van der Waals surface area contributed by atoms with Crippen LogP contribution in [0.4, 0.5) is 58.4 Å². The third kappa shape index (κ3) is 22.9. The number of benzene rings is 4. The Bertz CT molecular complexity index is 3070. The molecule has 0 spiro atoms. The Morgan fingerprint density at radius 1 is 0.500 bits per heavy atom. The van der Waals surface area contributed by atoms with Crippen LogP contribution in [0.2, 0.25) is 0 Å². The molecule has 0 aliphatic carbocycles. The third-order valence-corrected chi connectivity index (χ3v) is 11.8. The second-order valence-electron chi connectivity index (χ2n) is 15.4. The van der Waals surface area contributed by atoms with Crippen LogP contribution in [0.5, 0.6) is 0 Å². The Kier molecular flexibility index (Phi) is 34.8. The van der Waals surface area contributed by atoms with Crippen molar-refractivity contribution in [3.05, 3.63) is 108 Å². The van der Waals surface area contributed by atoms with Crippen molar-refractivity contribution in [3.8, 4) is 0 Å². The van der Waals surface area contributed by atoms with Crippen molar-refractivity contribution in [1.29, 1.82) is 0 Å². The van der Waals surface area contributed by atoms with Gasteiger partial charge in [-0.05, 0) is 66.1 Å². The van der Waals surface area contributed by atoms with Gasteiger partial charge in [-0.15, -0.1) is 0 Å². The summed E-state index contributed by atoms with van der Waals surface area (Å²) >= 11 is 0. The minimum Gasteiger partial charge on any atom is -0.744 e. The molecule has 2 aromatic heterocycles. The molecule has 0 unspecified atom stereocenters. The van der Waals surface area contributed by atoms with Crippen LogP contribution >= 0.6 is 0 Å². The average molecular weight is 1190 g/mol. The number of aliphatic hydroxyl groups is 1. The van der Waals surface area contributed by atoms with Gasteiger partial charge in [0.2, 0.25) is 35.7 Å². The standard InChI is InChI=1S/C45H46N12O15S2.6Na/c1-2-19-56(32-9-5-3-6-10-32)44-50-40(48-42(52-44)54(24-36(59)60)25-37(61)62)46-30-17-15-28(34(22-30)73(67,68)69)13-14-29-16-18-31(23-35(29)74(70,71)72)47-41-49-43(55(26-38(63)64)27-39(65)66)53-45(51-41)57(20-21-58)33-11-7-4-8-12-33;;;;;;/h3-18,22-23,58H,2,19-21,24-27H2,1H3,(H,59,60)(H,61,62)(H,63,64)(H,65,66)(H,67,68,69)(H,70,71,72)(H,46,48,50,52)(H,47,49,51,53);;;;;;/q;6*+1/p-6/b14-13+;;;;;;. The number of aliphatic carboxylic acids is 4. The van der Waals surface area contributed by atoms with Gasteiger partial charge in [0, 0.05) is 35.8 Å². The molecule has 0 aliphatic rings. The van der Waals surface area contributed by atoms with Crippen LogP contribution in [0.1, 0.15) is 24.5 Å². The Balaban J connectivity index is 0.0000104. The van der Waals surface area contributed by atoms with Crippen LogP contribution in [0.3, 0.4) is 0 Å². The summed E-state index contributed by atoms with van der Waals surface area (Å²) in [5.74, 6) is -8.97. The van der Waals surface area contributed by atoms with Gasteiger partial charge in [-0.25, -0.2) is 16.8 Å². The van der Waals surface area contributed by atoms with Crippen molar-refractivity contribution in [2.24, 2.45) is 0 Å². The first-order valence-electron chi connectivity index (χ1n) is 21.6. The van der Waals surface area contributed by atoms with Crippen molar-refractivity contribution in [1.82, 2.24) is 29.9 Å². The molecule has 4 aromatic carbocycles. The Morgan fingerprint density at radius 3 is 1.12 bits per heavy atom. The van der Waals surface area contributed by atoms with E-state index in [4.69, 9.17) is 0 Å². The molecule has 80 heavy (non-hydrogen) atoms. The minimum atomic E-state index is -5.37. The molecule has 6 aromatic rings. The van der Waals surface area contributed by atoms with Gasteiger partial charge in [-0.2, -0.15) is 29.9 Å². The van der Waals surface area contributed by atoms with Gasteiger partial charge in [0.05, 0.1) is 66.5 Å². The molecule has 35 heteroatoms. The van der Waals surface area contributed by atoms with Crippen LogP contribution in [-0.4, -0.2) is 131 Å². The molecule has 0 bridgehead atoms. The third-order valence-electron chi connectivity index (χ3n) is 9.98. The number of para-hydroxylation sites is 2. The number of carboxylic acids is 4. The fourth-order valence-corrected chi connectivity index (χ4v) is 8.35. The summed E-state index contributed by atoms with van der Waals surface area (Å²) in [4.78, 5) is 74.8. The van der Waals surface area contributed by atoms with Gasteiger partial charge in [-0.3, -0.25) is 0 Å². The van der Waals surface area contributed by atoms with Gasteiger partial charge >= 0.3 is 177 Å². The number of nitrogens with one attached hydrogen (secondary N) is 2. The molecule has 2 heterocycles. The Hall–Kier alpha value is -2.90. The number of carbonyl (C=O) groups excluding carboxylic acids is 4. The van der Waals surface area contributed by atoms with Crippen LogP contribution in [0.15, 0.2) is 107 Å². The molecule has 0 amide bonds. The van der Waals surface area contributed by atoms with Crippen molar-refractivity contribution >= 4 is 115 Å². The van der Waals surface area contributed by atoms with Crippen molar-refractivity contribution in [2.45, 2.75) is 23.1 Å². The average Bonchev–Trinajstić information content (AvgIpc) is 3.33. The molecule has 0 radical (unpaired) electrons. The monoisotopic (exact) mass is 1190 g/mol. The number of hydrogen-bond donors (Lipinski definition) is 3. The second-order valence-corrected chi connectivity index (χ2v) is 18.1. The van der Waals surface area contributed by atoms with Crippen molar-refractivity contribution in [3.63, 3.8) is 0 Å². The topological polar surface area (TPSA) is 410 Å². The van der Waals surface area contributed by atoms with E-state index in [1.807, 2.05) is 6.92 Å². The summed E-state index contributed by atoms with van der Waals surface area (Å²) in [5, 5.41) is 61.9. The predicted molar refractivity (Wildman–Crippen MR) is 253 cm³/mol. The van der Waals surface area contributed by atoms with E-state index >= 15 is 0 Å². The predicted octanol–water partition coefficient (Wildman–Crippen LogP) is -20.2. The molecule has 0 atom stereocenters. The molecular weight excluding hydrogens is 1150 g/mol. The molecular formula is C45H40N12Na6O15S2. The van der Waals surface area contributed by atoms with E-state index in [2.05, 4.69) is 40.5 Å². The zero-order chi connectivity index (χ0) is 53.7. The van der Waals surface area contributed by atoms with E-state index in [1.54, 1.807) is 65.6 Å². The maximum Gasteiger partial charge on any atom is 1.00 e. The Morgan fingerprint density at radius 2 is 0.825 bits per heavy atom. The van der Waals surface area contributed by atoms with Crippen molar-refractivity contribution in [2.75, 3.05) is 76.1 Å². The van der Waals surface area contributed by atoms with Crippen LogP contribution in [0.25, 0.3) is 12.2 Å². The van der Waals surface area contributed by atoms with Crippen LogP contribution < -0.4 is 228 Å². The number of anilines is 10. The van der Waals surface area contributed by atoms with Crippen molar-refractivity contribution < 1.29 is 248 Å². The van der Waals surface area contributed by atoms with E-state index in [0.29, 0.717) is 29.2 Å². The van der Waals surface area contributed by atoms with Gasteiger partial charge in [0.15, 0.2) is 0 Å². The maximum absolute atomic E-state index is 12.7. The SMILES string of the molecule is CCCN(c1ccccc1)c1nc(Nc2ccc(/C=C/c3ccc(Nc4nc(N(CC(=O)[O-])CC(=O)[O-])nc(N(CCO)c5ccccc5)n4)cc3S(=O)(=O)[O-])c(S(=O)(=O)[O-])c2)nc(N(CC(=O)[O-])CC(=O)[O-])n1.[Na+].[Na+].[Na+].[Na+].[Na+].[Na+]. The summed E-state index contributed by atoms with van der Waals surface area (Å²) in [7, 11) is -10.7. The maximum atomic E-state index is 12.7. The molecule has 3 N–H and O–H groups in total.